The Morgan fingerprint density at radius 1 is 1.08 bits per heavy atom. The molecule has 0 saturated carbocycles. The highest BCUT2D eigenvalue weighted by Gasteiger charge is 2.48. The molecule has 0 fully saturated rings. The van der Waals surface area contributed by atoms with Gasteiger partial charge < -0.3 is 15.5 Å². The lowest BCUT2D eigenvalue weighted by molar-refractivity contribution is -0.155. The van der Waals surface area contributed by atoms with Crippen LogP contribution >= 0.6 is 0 Å². The minimum Gasteiger partial charge on any atom is -0.481 e. The molecule has 1 aromatic carbocycles. The summed E-state index contributed by atoms with van der Waals surface area (Å²) in [7, 11) is 0. The number of alkyl halides is 2. The molecule has 0 heterocycles. The number of nitrogens with one attached hydrogen (secondary N) is 1. The van der Waals surface area contributed by atoms with Gasteiger partial charge in [0.1, 0.15) is 0 Å². The molecule has 25 heavy (non-hydrogen) atoms. The standard InChI is InChI=1S/C17H17F2NO5/c18-17(19,16(25)20-9-10-4-2-1-3-5-10)11-6-7-12(14(21)22)13(8-11)15(23)24/h1-6,12-13H,7-9H2,(H,20,25)(H,21,22)(H,23,24)/t12-,13+/m1/s1. The zero-order valence-electron chi connectivity index (χ0n) is 13.1. The molecular formula is C17H17F2NO5. The average Bonchev–Trinajstić information content (AvgIpc) is 2.59. The number of benzene rings is 1. The van der Waals surface area contributed by atoms with E-state index in [2.05, 4.69) is 5.32 Å². The van der Waals surface area contributed by atoms with Crippen LogP contribution in [0.3, 0.4) is 0 Å². The second-order valence-corrected chi connectivity index (χ2v) is 5.80. The van der Waals surface area contributed by atoms with Gasteiger partial charge in [0.05, 0.1) is 11.8 Å². The van der Waals surface area contributed by atoms with Crippen molar-refractivity contribution in [2.75, 3.05) is 0 Å². The third-order valence-electron chi connectivity index (χ3n) is 4.16. The van der Waals surface area contributed by atoms with E-state index in [1.54, 1.807) is 30.3 Å². The zero-order valence-corrected chi connectivity index (χ0v) is 13.1. The topological polar surface area (TPSA) is 104 Å². The van der Waals surface area contributed by atoms with E-state index in [1.807, 2.05) is 0 Å². The van der Waals surface area contributed by atoms with Crippen LogP contribution in [-0.2, 0) is 20.9 Å². The summed E-state index contributed by atoms with van der Waals surface area (Å²) in [5.41, 5.74) is -0.0263. The number of halogens is 2. The Morgan fingerprint density at radius 3 is 2.24 bits per heavy atom. The Labute approximate surface area is 142 Å². The smallest absolute Gasteiger partial charge is 0.345 e. The highest BCUT2D eigenvalue weighted by molar-refractivity contribution is 5.88. The summed E-state index contributed by atoms with van der Waals surface area (Å²) in [6, 6.07) is 8.48. The maximum absolute atomic E-state index is 14.3. The molecular weight excluding hydrogens is 336 g/mol. The Balaban J connectivity index is 2.11. The second-order valence-electron chi connectivity index (χ2n) is 5.80. The van der Waals surface area contributed by atoms with Gasteiger partial charge in [-0.2, -0.15) is 8.78 Å². The highest BCUT2D eigenvalue weighted by atomic mass is 19.3. The van der Waals surface area contributed by atoms with Gasteiger partial charge in [0.25, 0.3) is 5.91 Å². The predicted octanol–water partition coefficient (Wildman–Crippen LogP) is 2.06. The second kappa shape index (κ2) is 7.42. The Kier molecular flexibility index (Phi) is 5.51. The van der Waals surface area contributed by atoms with Crippen LogP contribution in [-0.4, -0.2) is 34.0 Å². The first-order valence-corrected chi connectivity index (χ1v) is 7.58. The van der Waals surface area contributed by atoms with Crippen molar-refractivity contribution in [1.29, 1.82) is 0 Å². The van der Waals surface area contributed by atoms with E-state index in [4.69, 9.17) is 10.2 Å². The zero-order chi connectivity index (χ0) is 18.6. The Bertz CT molecular complexity index is 702. The average molecular weight is 353 g/mol. The predicted molar refractivity (Wildman–Crippen MR) is 82.8 cm³/mol. The van der Waals surface area contributed by atoms with Crippen molar-refractivity contribution in [1.82, 2.24) is 5.32 Å². The molecule has 1 aliphatic rings. The number of aliphatic carboxylic acids is 2. The van der Waals surface area contributed by atoms with E-state index in [0.29, 0.717) is 5.56 Å². The molecule has 8 heteroatoms. The number of carbonyl (C=O) groups is 3. The maximum atomic E-state index is 14.3. The monoisotopic (exact) mass is 353 g/mol. The van der Waals surface area contributed by atoms with Gasteiger partial charge in [-0.15, -0.1) is 0 Å². The summed E-state index contributed by atoms with van der Waals surface area (Å²) in [6.07, 6.45) is -0.0818. The van der Waals surface area contributed by atoms with Crippen LogP contribution in [0.1, 0.15) is 18.4 Å². The first-order chi connectivity index (χ1) is 11.7. The number of carbonyl (C=O) groups excluding carboxylic acids is 1. The first-order valence-electron chi connectivity index (χ1n) is 7.58. The van der Waals surface area contributed by atoms with Gasteiger partial charge in [-0.1, -0.05) is 36.4 Å². The van der Waals surface area contributed by atoms with Gasteiger partial charge in [-0.25, -0.2) is 0 Å². The fourth-order valence-electron chi connectivity index (χ4n) is 2.72. The summed E-state index contributed by atoms with van der Waals surface area (Å²) in [6.45, 7) is -0.0946. The minimum absolute atomic E-state index is 0.0946. The molecule has 3 N–H and O–H groups in total. The van der Waals surface area contributed by atoms with Crippen molar-refractivity contribution < 1.29 is 33.4 Å². The summed E-state index contributed by atoms with van der Waals surface area (Å²) >= 11 is 0. The van der Waals surface area contributed by atoms with Crippen molar-refractivity contribution >= 4 is 17.8 Å². The number of hydrogen-bond acceptors (Lipinski definition) is 3. The highest BCUT2D eigenvalue weighted by Crippen LogP contribution is 2.38. The molecule has 0 aliphatic heterocycles. The summed E-state index contributed by atoms with van der Waals surface area (Å²) in [5, 5.41) is 20.2. The molecule has 2 atom stereocenters. The lowest BCUT2D eigenvalue weighted by Crippen LogP contribution is -2.44. The molecule has 0 radical (unpaired) electrons. The van der Waals surface area contributed by atoms with Crippen molar-refractivity contribution in [3.05, 3.63) is 47.5 Å². The van der Waals surface area contributed by atoms with E-state index in [0.717, 1.165) is 6.08 Å². The molecule has 1 aromatic rings. The maximum Gasteiger partial charge on any atom is 0.345 e. The quantitative estimate of drug-likeness (QED) is 0.679. The van der Waals surface area contributed by atoms with E-state index < -0.39 is 47.6 Å². The molecule has 0 unspecified atom stereocenters. The van der Waals surface area contributed by atoms with E-state index in [1.165, 1.54) is 0 Å². The fourth-order valence-corrected chi connectivity index (χ4v) is 2.72. The Hall–Kier alpha value is -2.77. The number of rotatable bonds is 6. The van der Waals surface area contributed by atoms with Crippen LogP contribution in [0.25, 0.3) is 0 Å². The first kappa shape index (κ1) is 18.6. The molecule has 1 aliphatic carbocycles. The third kappa shape index (κ3) is 4.20. The fraction of sp³-hybridized carbons (Fsp3) is 0.353. The summed E-state index contributed by atoms with van der Waals surface area (Å²) < 4.78 is 28.7. The van der Waals surface area contributed by atoms with Crippen molar-refractivity contribution in [2.45, 2.75) is 25.3 Å². The number of hydrogen-bond donors (Lipinski definition) is 3. The molecule has 0 spiro atoms. The Morgan fingerprint density at radius 2 is 1.68 bits per heavy atom. The minimum atomic E-state index is -3.90. The van der Waals surface area contributed by atoms with Crippen LogP contribution in [0.15, 0.2) is 42.0 Å². The summed E-state index contributed by atoms with van der Waals surface area (Å²) in [4.78, 5) is 34.1. The van der Waals surface area contributed by atoms with Crippen LogP contribution in [0.5, 0.6) is 0 Å². The SMILES string of the molecule is O=C(O)[C@H]1CC(C(F)(F)C(=O)NCc2ccccc2)=CC[C@H]1C(=O)O. The van der Waals surface area contributed by atoms with Gasteiger partial charge in [-0.05, 0) is 18.4 Å². The molecule has 134 valence electrons. The van der Waals surface area contributed by atoms with Crippen LogP contribution in [0.4, 0.5) is 8.78 Å². The van der Waals surface area contributed by atoms with Crippen LogP contribution < -0.4 is 5.32 Å². The van der Waals surface area contributed by atoms with Gasteiger partial charge in [0.2, 0.25) is 0 Å². The van der Waals surface area contributed by atoms with Crippen LogP contribution in [0, 0.1) is 11.8 Å². The molecule has 6 nitrogen and oxygen atoms in total. The van der Waals surface area contributed by atoms with Crippen molar-refractivity contribution in [3.63, 3.8) is 0 Å². The van der Waals surface area contributed by atoms with E-state index in [-0.39, 0.29) is 13.0 Å². The summed E-state index contributed by atoms with van der Waals surface area (Å²) in [5.74, 6) is -11.1. The van der Waals surface area contributed by atoms with E-state index >= 15 is 0 Å². The molecule has 2 rings (SSSR count). The molecule has 0 bridgehead atoms. The van der Waals surface area contributed by atoms with Gasteiger partial charge in [-0.3, -0.25) is 14.4 Å². The molecule has 0 saturated heterocycles. The number of amides is 1. The number of carboxylic acid groups (broad SMARTS) is 2. The molecule has 0 aromatic heterocycles. The normalized spacial score (nSPS) is 20.5. The number of carboxylic acids is 2. The lowest BCUT2D eigenvalue weighted by Gasteiger charge is -2.29. The van der Waals surface area contributed by atoms with Crippen LogP contribution in [0.2, 0.25) is 0 Å². The van der Waals surface area contributed by atoms with Crippen molar-refractivity contribution in [3.8, 4) is 0 Å². The van der Waals surface area contributed by atoms with E-state index in [9.17, 15) is 23.2 Å². The molecule has 1 amide bonds. The van der Waals surface area contributed by atoms with Gasteiger partial charge >= 0.3 is 17.9 Å². The lowest BCUT2D eigenvalue weighted by atomic mass is 9.78. The third-order valence-corrected chi connectivity index (χ3v) is 4.16. The number of allylic oxidation sites excluding steroid dienone is 1. The van der Waals surface area contributed by atoms with Crippen molar-refractivity contribution in [2.24, 2.45) is 11.8 Å². The largest absolute Gasteiger partial charge is 0.481 e. The van der Waals surface area contributed by atoms with Gasteiger partial charge in [0.15, 0.2) is 0 Å². The van der Waals surface area contributed by atoms with Gasteiger partial charge in [0, 0.05) is 12.1 Å².